The van der Waals surface area contributed by atoms with Gasteiger partial charge in [0.15, 0.2) is 0 Å². The van der Waals surface area contributed by atoms with Gasteiger partial charge < -0.3 is 10.1 Å². The van der Waals surface area contributed by atoms with Gasteiger partial charge in [0.25, 0.3) is 0 Å². The predicted octanol–water partition coefficient (Wildman–Crippen LogP) is 2.56. The SMILES string of the molecule is CCOC(=O)CCCC(=O)C(C)C(=O)Nc1ccccc1. The summed E-state index contributed by atoms with van der Waals surface area (Å²) in [4.78, 5) is 35.0. The highest BCUT2D eigenvalue weighted by Crippen LogP contribution is 2.11. The van der Waals surface area contributed by atoms with Crippen LogP contribution in [-0.4, -0.2) is 24.3 Å². The lowest BCUT2D eigenvalue weighted by molar-refractivity contribution is -0.143. The van der Waals surface area contributed by atoms with E-state index in [1.54, 1.807) is 38.1 Å². The topological polar surface area (TPSA) is 72.5 Å². The van der Waals surface area contributed by atoms with Gasteiger partial charge in [-0.3, -0.25) is 14.4 Å². The summed E-state index contributed by atoms with van der Waals surface area (Å²) in [5, 5.41) is 2.69. The van der Waals surface area contributed by atoms with Gasteiger partial charge in [-0.05, 0) is 32.4 Å². The number of para-hydroxylation sites is 1. The molecule has 1 aromatic carbocycles. The molecule has 5 nitrogen and oxygen atoms in total. The zero-order valence-corrected chi connectivity index (χ0v) is 12.4. The van der Waals surface area contributed by atoms with Gasteiger partial charge >= 0.3 is 5.97 Å². The number of Topliss-reactive ketones (excluding diaryl/α,β-unsaturated/α-hetero) is 1. The van der Waals surface area contributed by atoms with Crippen LogP contribution in [0.1, 0.15) is 33.1 Å². The van der Waals surface area contributed by atoms with Crippen LogP contribution in [0.15, 0.2) is 30.3 Å². The lowest BCUT2D eigenvalue weighted by Gasteiger charge is -2.11. The minimum absolute atomic E-state index is 0.173. The Morgan fingerprint density at radius 3 is 2.43 bits per heavy atom. The van der Waals surface area contributed by atoms with E-state index in [1.165, 1.54) is 0 Å². The highest BCUT2D eigenvalue weighted by molar-refractivity contribution is 6.06. The number of rotatable bonds is 8. The van der Waals surface area contributed by atoms with Gasteiger partial charge in [0, 0.05) is 18.5 Å². The van der Waals surface area contributed by atoms with E-state index in [0.29, 0.717) is 18.7 Å². The summed E-state index contributed by atoms with van der Waals surface area (Å²) in [6.45, 7) is 3.65. The van der Waals surface area contributed by atoms with Crippen molar-refractivity contribution in [2.24, 2.45) is 5.92 Å². The maximum atomic E-state index is 11.9. The lowest BCUT2D eigenvalue weighted by Crippen LogP contribution is -2.27. The first-order valence-electron chi connectivity index (χ1n) is 7.08. The molecule has 1 unspecified atom stereocenters. The minimum Gasteiger partial charge on any atom is -0.466 e. The Hall–Kier alpha value is -2.17. The highest BCUT2D eigenvalue weighted by atomic mass is 16.5. The van der Waals surface area contributed by atoms with Crippen molar-refractivity contribution in [3.63, 3.8) is 0 Å². The molecular formula is C16H21NO4. The number of hydrogen-bond acceptors (Lipinski definition) is 4. The Labute approximate surface area is 124 Å². The van der Waals surface area contributed by atoms with Gasteiger partial charge in [-0.15, -0.1) is 0 Å². The van der Waals surface area contributed by atoms with E-state index in [9.17, 15) is 14.4 Å². The lowest BCUT2D eigenvalue weighted by atomic mass is 10.0. The maximum absolute atomic E-state index is 11.9. The molecule has 1 aromatic rings. The summed E-state index contributed by atoms with van der Waals surface area (Å²) in [6.07, 6.45) is 0.801. The van der Waals surface area contributed by atoms with E-state index in [1.807, 2.05) is 6.07 Å². The summed E-state index contributed by atoms with van der Waals surface area (Å²) in [5.74, 6) is -1.55. The number of amides is 1. The number of ether oxygens (including phenoxy) is 1. The molecule has 1 N–H and O–H groups in total. The summed E-state index contributed by atoms with van der Waals surface area (Å²) in [6, 6.07) is 8.98. The maximum Gasteiger partial charge on any atom is 0.305 e. The second-order valence-corrected chi connectivity index (χ2v) is 4.70. The van der Waals surface area contributed by atoms with Crippen molar-refractivity contribution in [2.75, 3.05) is 11.9 Å². The summed E-state index contributed by atoms with van der Waals surface area (Å²) in [5.41, 5.74) is 0.661. The van der Waals surface area contributed by atoms with E-state index < -0.39 is 5.92 Å². The van der Waals surface area contributed by atoms with Crippen molar-refractivity contribution < 1.29 is 19.1 Å². The molecule has 0 radical (unpaired) electrons. The van der Waals surface area contributed by atoms with Crippen LogP contribution in [0, 0.1) is 5.92 Å². The molecule has 0 aliphatic heterocycles. The summed E-state index contributed by atoms with van der Waals surface area (Å²) < 4.78 is 4.78. The molecule has 5 heteroatoms. The van der Waals surface area contributed by atoms with Gasteiger partial charge in [-0.1, -0.05) is 18.2 Å². The zero-order chi connectivity index (χ0) is 15.7. The molecule has 0 fully saturated rings. The van der Waals surface area contributed by atoms with Crippen LogP contribution >= 0.6 is 0 Å². The zero-order valence-electron chi connectivity index (χ0n) is 12.4. The molecule has 1 amide bonds. The molecule has 0 aliphatic rings. The Morgan fingerprint density at radius 1 is 1.14 bits per heavy atom. The molecule has 0 bridgehead atoms. The molecule has 0 aliphatic carbocycles. The molecule has 21 heavy (non-hydrogen) atoms. The quantitative estimate of drug-likeness (QED) is 0.590. The number of carbonyl (C=O) groups excluding carboxylic acids is 3. The average Bonchev–Trinajstić information content (AvgIpc) is 2.47. The normalized spacial score (nSPS) is 11.5. The van der Waals surface area contributed by atoms with E-state index in [-0.39, 0.29) is 30.5 Å². The smallest absolute Gasteiger partial charge is 0.305 e. The Kier molecular flexibility index (Phi) is 7.15. The standard InChI is InChI=1S/C16H21NO4/c1-3-21-15(19)11-7-10-14(18)12(2)16(20)17-13-8-5-4-6-9-13/h4-6,8-9,12H,3,7,10-11H2,1-2H3,(H,17,20). The van der Waals surface area contributed by atoms with E-state index in [0.717, 1.165) is 0 Å². The van der Waals surface area contributed by atoms with E-state index in [2.05, 4.69) is 5.32 Å². The third-order valence-electron chi connectivity index (χ3n) is 3.03. The number of hydrogen-bond donors (Lipinski definition) is 1. The molecule has 0 saturated heterocycles. The van der Waals surface area contributed by atoms with E-state index in [4.69, 9.17) is 4.74 Å². The number of esters is 1. The van der Waals surface area contributed by atoms with Crippen LogP contribution in [-0.2, 0) is 19.1 Å². The van der Waals surface area contributed by atoms with Crippen LogP contribution in [0.2, 0.25) is 0 Å². The molecule has 1 rings (SSSR count). The second-order valence-electron chi connectivity index (χ2n) is 4.70. The Balaban J connectivity index is 2.36. The average molecular weight is 291 g/mol. The first-order valence-corrected chi connectivity index (χ1v) is 7.08. The fraction of sp³-hybridized carbons (Fsp3) is 0.438. The molecule has 0 saturated carbocycles. The van der Waals surface area contributed by atoms with Crippen molar-refractivity contribution in [3.05, 3.63) is 30.3 Å². The van der Waals surface area contributed by atoms with Gasteiger partial charge in [-0.25, -0.2) is 0 Å². The van der Waals surface area contributed by atoms with Crippen molar-refractivity contribution in [3.8, 4) is 0 Å². The van der Waals surface area contributed by atoms with Crippen LogP contribution in [0.4, 0.5) is 5.69 Å². The molecule has 0 heterocycles. The number of anilines is 1. The summed E-state index contributed by atoms with van der Waals surface area (Å²) in [7, 11) is 0. The Morgan fingerprint density at radius 2 is 1.81 bits per heavy atom. The van der Waals surface area contributed by atoms with Gasteiger partial charge in [0.1, 0.15) is 5.78 Å². The number of ketones is 1. The first kappa shape index (κ1) is 16.9. The van der Waals surface area contributed by atoms with Crippen LogP contribution in [0.25, 0.3) is 0 Å². The van der Waals surface area contributed by atoms with Gasteiger partial charge in [-0.2, -0.15) is 0 Å². The van der Waals surface area contributed by atoms with Gasteiger partial charge in [0.05, 0.1) is 12.5 Å². The molecule has 0 aromatic heterocycles. The fourth-order valence-corrected chi connectivity index (χ4v) is 1.77. The predicted molar refractivity (Wildman–Crippen MR) is 79.7 cm³/mol. The van der Waals surface area contributed by atoms with E-state index >= 15 is 0 Å². The van der Waals surface area contributed by atoms with Crippen molar-refractivity contribution in [1.29, 1.82) is 0 Å². The van der Waals surface area contributed by atoms with Crippen molar-refractivity contribution >= 4 is 23.3 Å². The van der Waals surface area contributed by atoms with Crippen LogP contribution < -0.4 is 5.32 Å². The van der Waals surface area contributed by atoms with Gasteiger partial charge in [0.2, 0.25) is 5.91 Å². The Bertz CT molecular complexity index is 484. The van der Waals surface area contributed by atoms with Crippen molar-refractivity contribution in [1.82, 2.24) is 0 Å². The van der Waals surface area contributed by atoms with Crippen LogP contribution in [0.3, 0.4) is 0 Å². The van der Waals surface area contributed by atoms with Crippen LogP contribution in [0.5, 0.6) is 0 Å². The monoisotopic (exact) mass is 291 g/mol. The minimum atomic E-state index is -0.729. The highest BCUT2D eigenvalue weighted by Gasteiger charge is 2.21. The number of benzene rings is 1. The van der Waals surface area contributed by atoms with Crippen molar-refractivity contribution in [2.45, 2.75) is 33.1 Å². The first-order chi connectivity index (χ1) is 10.0. The third kappa shape index (κ3) is 6.21. The number of nitrogens with one attached hydrogen (secondary N) is 1. The molecule has 114 valence electrons. The second kappa shape index (κ2) is 8.89. The summed E-state index contributed by atoms with van der Waals surface area (Å²) >= 11 is 0. The number of carbonyl (C=O) groups is 3. The molecule has 0 spiro atoms. The molecular weight excluding hydrogens is 270 g/mol. The third-order valence-corrected chi connectivity index (χ3v) is 3.03. The largest absolute Gasteiger partial charge is 0.466 e. The molecule has 1 atom stereocenters. The fourth-order valence-electron chi connectivity index (χ4n) is 1.77.